The monoisotopic (exact) mass is 285 g/mol. The number of nitrogens with zero attached hydrogens (tertiary/aromatic N) is 1. The van der Waals surface area contributed by atoms with Crippen molar-refractivity contribution in [3.8, 4) is 0 Å². The molecule has 0 spiro atoms. The molecule has 0 bridgehead atoms. The first-order valence-electron chi connectivity index (χ1n) is 7.07. The van der Waals surface area contributed by atoms with Crippen LogP contribution >= 0.6 is 0 Å². The molecule has 1 aliphatic rings. The molecular weight excluding hydrogens is 269 g/mol. The summed E-state index contributed by atoms with van der Waals surface area (Å²) in [7, 11) is 0. The lowest BCUT2D eigenvalue weighted by atomic mass is 9.94. The number of fused-ring (bicyclic) bond motifs is 1. The molecule has 0 fully saturated rings. The fourth-order valence-corrected chi connectivity index (χ4v) is 2.87. The van der Waals surface area contributed by atoms with E-state index in [4.69, 9.17) is 0 Å². The summed E-state index contributed by atoms with van der Waals surface area (Å²) >= 11 is 0. The summed E-state index contributed by atoms with van der Waals surface area (Å²) in [6.07, 6.45) is 2.05. The summed E-state index contributed by atoms with van der Waals surface area (Å²) in [6, 6.07) is 7.63. The molecule has 0 atom stereocenters. The lowest BCUT2D eigenvalue weighted by Crippen LogP contribution is -2.28. The molecule has 2 aromatic rings. The van der Waals surface area contributed by atoms with E-state index in [0.717, 1.165) is 29.7 Å². The van der Waals surface area contributed by atoms with Gasteiger partial charge in [0, 0.05) is 23.7 Å². The number of rotatable bonds is 2. The molecule has 1 aromatic heterocycles. The van der Waals surface area contributed by atoms with E-state index in [2.05, 4.69) is 0 Å². The van der Waals surface area contributed by atoms with E-state index in [0.29, 0.717) is 18.5 Å². The standard InChI is InChI=1S/C17H16FNO2/c1-11-9-13(18)6-5-12(11)10-19-15-3-2-4-16(20)14(15)7-8-17(19)21/h5-9H,2-4,10H2,1H3. The molecule has 21 heavy (non-hydrogen) atoms. The highest BCUT2D eigenvalue weighted by atomic mass is 19.1. The minimum absolute atomic E-state index is 0.0980. The Kier molecular flexibility index (Phi) is 3.45. The van der Waals surface area contributed by atoms with Crippen LogP contribution in [-0.4, -0.2) is 10.4 Å². The van der Waals surface area contributed by atoms with Crippen molar-refractivity contribution in [1.82, 2.24) is 4.57 Å². The van der Waals surface area contributed by atoms with Crippen molar-refractivity contribution in [1.29, 1.82) is 0 Å². The average molecular weight is 285 g/mol. The highest BCUT2D eigenvalue weighted by Crippen LogP contribution is 2.21. The Morgan fingerprint density at radius 3 is 2.71 bits per heavy atom. The zero-order chi connectivity index (χ0) is 15.0. The van der Waals surface area contributed by atoms with Crippen molar-refractivity contribution in [2.75, 3.05) is 0 Å². The predicted molar refractivity (Wildman–Crippen MR) is 78.2 cm³/mol. The van der Waals surface area contributed by atoms with Crippen LogP contribution in [0.25, 0.3) is 0 Å². The van der Waals surface area contributed by atoms with E-state index in [1.54, 1.807) is 16.7 Å². The van der Waals surface area contributed by atoms with Gasteiger partial charge in [-0.2, -0.15) is 0 Å². The number of hydrogen-bond acceptors (Lipinski definition) is 2. The van der Waals surface area contributed by atoms with Crippen molar-refractivity contribution in [3.05, 3.63) is 68.9 Å². The van der Waals surface area contributed by atoms with Crippen LogP contribution < -0.4 is 5.56 Å². The van der Waals surface area contributed by atoms with E-state index in [-0.39, 0.29) is 17.2 Å². The number of halogens is 1. The topological polar surface area (TPSA) is 39.1 Å². The van der Waals surface area contributed by atoms with Crippen LogP contribution in [0.5, 0.6) is 0 Å². The van der Waals surface area contributed by atoms with E-state index in [1.807, 2.05) is 6.92 Å². The molecule has 3 rings (SSSR count). The van der Waals surface area contributed by atoms with E-state index in [9.17, 15) is 14.0 Å². The fourth-order valence-electron chi connectivity index (χ4n) is 2.87. The zero-order valence-corrected chi connectivity index (χ0v) is 11.9. The lowest BCUT2D eigenvalue weighted by Gasteiger charge is -2.20. The second-order valence-electron chi connectivity index (χ2n) is 5.47. The van der Waals surface area contributed by atoms with Crippen LogP contribution in [0, 0.1) is 12.7 Å². The molecule has 1 aliphatic carbocycles. The van der Waals surface area contributed by atoms with E-state index < -0.39 is 0 Å². The number of pyridine rings is 1. The number of ketones is 1. The molecule has 0 saturated heterocycles. The van der Waals surface area contributed by atoms with Gasteiger partial charge in [-0.3, -0.25) is 9.59 Å². The van der Waals surface area contributed by atoms with Gasteiger partial charge < -0.3 is 4.57 Å². The molecule has 4 heteroatoms. The molecule has 0 unspecified atom stereocenters. The third-order valence-corrected chi connectivity index (χ3v) is 4.05. The largest absolute Gasteiger partial charge is 0.307 e. The quantitative estimate of drug-likeness (QED) is 0.851. The minimum atomic E-state index is -0.283. The lowest BCUT2D eigenvalue weighted by molar-refractivity contribution is 0.0970. The van der Waals surface area contributed by atoms with Gasteiger partial charge in [0.15, 0.2) is 5.78 Å². The normalized spacial score (nSPS) is 14.1. The van der Waals surface area contributed by atoms with Gasteiger partial charge in [-0.05, 0) is 49.1 Å². The molecule has 0 radical (unpaired) electrons. The van der Waals surface area contributed by atoms with Crippen molar-refractivity contribution >= 4 is 5.78 Å². The number of carbonyl (C=O) groups excluding carboxylic acids is 1. The Morgan fingerprint density at radius 2 is 1.95 bits per heavy atom. The van der Waals surface area contributed by atoms with Gasteiger partial charge in [0.25, 0.3) is 5.56 Å². The summed E-state index contributed by atoms with van der Waals surface area (Å²) in [4.78, 5) is 24.1. The molecular formula is C17H16FNO2. The molecule has 1 heterocycles. The maximum Gasteiger partial charge on any atom is 0.251 e. The van der Waals surface area contributed by atoms with Crippen LogP contribution in [0.1, 0.15) is 40.0 Å². The molecule has 108 valence electrons. The number of aromatic nitrogens is 1. The summed E-state index contributed by atoms with van der Waals surface area (Å²) in [6.45, 7) is 2.20. The average Bonchev–Trinajstić information content (AvgIpc) is 2.44. The van der Waals surface area contributed by atoms with Crippen molar-refractivity contribution in [2.24, 2.45) is 0 Å². The van der Waals surface area contributed by atoms with Crippen LogP contribution in [0.3, 0.4) is 0 Å². The van der Waals surface area contributed by atoms with Gasteiger partial charge in [-0.25, -0.2) is 4.39 Å². The van der Waals surface area contributed by atoms with E-state index in [1.165, 1.54) is 18.2 Å². The Labute approximate surface area is 122 Å². The number of aryl methyl sites for hydroxylation is 1. The highest BCUT2D eigenvalue weighted by molar-refractivity contribution is 5.97. The van der Waals surface area contributed by atoms with Crippen LogP contribution in [0.2, 0.25) is 0 Å². The maximum absolute atomic E-state index is 13.2. The number of carbonyl (C=O) groups is 1. The summed E-state index contributed by atoms with van der Waals surface area (Å²) in [5.41, 5.74) is 3.04. The fraction of sp³-hybridized carbons (Fsp3) is 0.294. The predicted octanol–water partition coefficient (Wildman–Crippen LogP) is 2.86. The zero-order valence-electron chi connectivity index (χ0n) is 11.9. The smallest absolute Gasteiger partial charge is 0.251 e. The first kappa shape index (κ1) is 13.7. The molecule has 0 amide bonds. The Morgan fingerprint density at radius 1 is 1.14 bits per heavy atom. The van der Waals surface area contributed by atoms with E-state index >= 15 is 0 Å². The first-order valence-corrected chi connectivity index (χ1v) is 7.07. The maximum atomic E-state index is 13.2. The van der Waals surface area contributed by atoms with Gasteiger partial charge in [-0.1, -0.05) is 6.07 Å². The molecule has 0 aliphatic heterocycles. The Bertz CT molecular complexity index is 777. The second kappa shape index (κ2) is 5.28. The molecule has 0 saturated carbocycles. The SMILES string of the molecule is Cc1cc(F)ccc1Cn1c2c(ccc1=O)C(=O)CCC2. The Hall–Kier alpha value is -2.23. The summed E-state index contributed by atoms with van der Waals surface area (Å²) < 4.78 is 14.8. The van der Waals surface area contributed by atoms with Gasteiger partial charge >= 0.3 is 0 Å². The van der Waals surface area contributed by atoms with Gasteiger partial charge in [0.05, 0.1) is 6.54 Å². The minimum Gasteiger partial charge on any atom is -0.307 e. The molecule has 1 aromatic carbocycles. The number of benzene rings is 1. The number of Topliss-reactive ketones (excluding diaryl/α,β-unsaturated/α-hetero) is 1. The summed E-state index contributed by atoms with van der Waals surface area (Å²) in [5, 5.41) is 0. The first-order chi connectivity index (χ1) is 10.1. The van der Waals surface area contributed by atoms with Crippen molar-refractivity contribution in [2.45, 2.75) is 32.7 Å². The third kappa shape index (κ3) is 2.53. The molecule has 0 N–H and O–H groups in total. The Balaban J connectivity index is 2.08. The second-order valence-corrected chi connectivity index (χ2v) is 5.47. The van der Waals surface area contributed by atoms with Crippen molar-refractivity contribution < 1.29 is 9.18 Å². The van der Waals surface area contributed by atoms with Crippen LogP contribution in [-0.2, 0) is 13.0 Å². The van der Waals surface area contributed by atoms with Crippen LogP contribution in [0.15, 0.2) is 35.1 Å². The van der Waals surface area contributed by atoms with Gasteiger partial charge in [0.2, 0.25) is 0 Å². The third-order valence-electron chi connectivity index (χ3n) is 4.05. The summed E-state index contributed by atoms with van der Waals surface area (Å²) in [5.74, 6) is -0.185. The van der Waals surface area contributed by atoms with Gasteiger partial charge in [0.1, 0.15) is 5.82 Å². The number of hydrogen-bond donors (Lipinski definition) is 0. The van der Waals surface area contributed by atoms with Gasteiger partial charge in [-0.15, -0.1) is 0 Å². The van der Waals surface area contributed by atoms with Crippen molar-refractivity contribution in [3.63, 3.8) is 0 Å². The highest BCUT2D eigenvalue weighted by Gasteiger charge is 2.20. The molecule has 3 nitrogen and oxygen atoms in total. The van der Waals surface area contributed by atoms with Crippen LogP contribution in [0.4, 0.5) is 4.39 Å².